The highest BCUT2D eigenvalue weighted by Crippen LogP contribution is 2.07. The summed E-state index contributed by atoms with van der Waals surface area (Å²) in [6.45, 7) is 7.22. The summed E-state index contributed by atoms with van der Waals surface area (Å²) in [6, 6.07) is -0.108. The Labute approximate surface area is 107 Å². The van der Waals surface area contributed by atoms with Crippen molar-refractivity contribution in [1.29, 1.82) is 0 Å². The van der Waals surface area contributed by atoms with Crippen molar-refractivity contribution in [3.8, 4) is 0 Å². The van der Waals surface area contributed by atoms with Crippen molar-refractivity contribution < 1.29 is 14.3 Å². The molecule has 0 aromatic rings. The van der Waals surface area contributed by atoms with E-state index in [9.17, 15) is 9.59 Å². The predicted octanol–water partition coefficient (Wildman–Crippen LogP) is 0.709. The summed E-state index contributed by atoms with van der Waals surface area (Å²) in [5.74, 6) is -1.24. The molecule has 17 heavy (non-hydrogen) atoms. The van der Waals surface area contributed by atoms with Crippen LogP contribution >= 0.6 is 12.2 Å². The molecule has 0 aliphatic rings. The third-order valence-electron chi connectivity index (χ3n) is 2.31. The van der Waals surface area contributed by atoms with Gasteiger partial charge in [-0.15, -0.1) is 0 Å². The molecule has 1 unspecified atom stereocenters. The van der Waals surface area contributed by atoms with Gasteiger partial charge in [0.15, 0.2) is 0 Å². The average molecular weight is 260 g/mol. The Morgan fingerprint density at radius 3 is 2.24 bits per heavy atom. The Bertz CT molecular complexity index is 305. The maximum absolute atomic E-state index is 12.0. The van der Waals surface area contributed by atoms with Gasteiger partial charge in [0.05, 0.1) is 17.5 Å². The van der Waals surface area contributed by atoms with Gasteiger partial charge < -0.3 is 15.4 Å². The maximum atomic E-state index is 12.0. The number of thiocarbonyl (C=S) groups is 1. The second-order valence-electron chi connectivity index (χ2n) is 3.99. The van der Waals surface area contributed by atoms with Gasteiger partial charge in [0.2, 0.25) is 5.91 Å². The van der Waals surface area contributed by atoms with Crippen molar-refractivity contribution >= 4 is 29.1 Å². The molecule has 0 radical (unpaired) electrons. The number of carbonyl (C=O) groups excluding carboxylic acids is 2. The zero-order valence-corrected chi connectivity index (χ0v) is 11.5. The molecule has 0 bridgehead atoms. The number of hydrogen-bond acceptors (Lipinski definition) is 4. The lowest BCUT2D eigenvalue weighted by Gasteiger charge is -2.28. The third kappa shape index (κ3) is 5.12. The molecule has 5 nitrogen and oxygen atoms in total. The van der Waals surface area contributed by atoms with E-state index in [1.807, 2.05) is 13.8 Å². The SMILES string of the molecule is CCOC(=O)CN(C(=O)C(C)C(N)=S)C(C)C. The molecule has 2 N–H and O–H groups in total. The smallest absolute Gasteiger partial charge is 0.325 e. The lowest BCUT2D eigenvalue weighted by molar-refractivity contribution is -0.150. The zero-order valence-electron chi connectivity index (χ0n) is 10.7. The van der Waals surface area contributed by atoms with Crippen molar-refractivity contribution in [1.82, 2.24) is 4.90 Å². The fourth-order valence-electron chi connectivity index (χ4n) is 1.23. The van der Waals surface area contributed by atoms with E-state index in [0.717, 1.165) is 0 Å². The van der Waals surface area contributed by atoms with Crippen LogP contribution in [-0.4, -0.2) is 41.0 Å². The van der Waals surface area contributed by atoms with Gasteiger partial charge in [-0.2, -0.15) is 0 Å². The third-order valence-corrected chi connectivity index (χ3v) is 2.66. The van der Waals surface area contributed by atoms with Gasteiger partial charge in [-0.05, 0) is 27.7 Å². The summed E-state index contributed by atoms with van der Waals surface area (Å²) in [5, 5.41) is 0. The normalized spacial score (nSPS) is 12.1. The number of carbonyl (C=O) groups is 2. The van der Waals surface area contributed by atoms with Crippen molar-refractivity contribution in [2.45, 2.75) is 33.7 Å². The van der Waals surface area contributed by atoms with Crippen LogP contribution in [0, 0.1) is 5.92 Å². The summed E-state index contributed by atoms with van der Waals surface area (Å²) in [5.41, 5.74) is 5.43. The molecule has 0 saturated heterocycles. The van der Waals surface area contributed by atoms with Crippen molar-refractivity contribution in [3.05, 3.63) is 0 Å². The molecular formula is C11H20N2O3S. The molecule has 6 heteroatoms. The number of nitrogens with zero attached hydrogens (tertiary/aromatic N) is 1. The molecule has 0 fully saturated rings. The van der Waals surface area contributed by atoms with E-state index < -0.39 is 11.9 Å². The number of rotatable bonds is 6. The highest BCUT2D eigenvalue weighted by Gasteiger charge is 2.26. The summed E-state index contributed by atoms with van der Waals surface area (Å²) in [6.07, 6.45) is 0. The van der Waals surface area contributed by atoms with Crippen LogP contribution in [0.1, 0.15) is 27.7 Å². The van der Waals surface area contributed by atoms with Crippen LogP contribution in [0.2, 0.25) is 0 Å². The van der Waals surface area contributed by atoms with Crippen LogP contribution in [0.25, 0.3) is 0 Å². The first kappa shape index (κ1) is 15.8. The molecule has 0 aliphatic carbocycles. The Kier molecular flexibility index (Phi) is 6.72. The first-order valence-corrected chi connectivity index (χ1v) is 5.97. The van der Waals surface area contributed by atoms with Gasteiger partial charge in [-0.1, -0.05) is 12.2 Å². The first-order valence-electron chi connectivity index (χ1n) is 5.56. The van der Waals surface area contributed by atoms with E-state index >= 15 is 0 Å². The van der Waals surface area contributed by atoms with Gasteiger partial charge in [-0.3, -0.25) is 9.59 Å². The number of esters is 1. The van der Waals surface area contributed by atoms with Crippen molar-refractivity contribution in [2.75, 3.05) is 13.2 Å². The molecule has 0 spiro atoms. The molecule has 0 aromatic carbocycles. The van der Waals surface area contributed by atoms with Gasteiger partial charge in [0.1, 0.15) is 6.54 Å². The molecule has 0 saturated carbocycles. The predicted molar refractivity (Wildman–Crippen MR) is 69.4 cm³/mol. The number of hydrogen-bond donors (Lipinski definition) is 1. The maximum Gasteiger partial charge on any atom is 0.325 e. The Balaban J connectivity index is 4.69. The van der Waals surface area contributed by atoms with Gasteiger partial charge in [-0.25, -0.2) is 0 Å². The quantitative estimate of drug-likeness (QED) is 0.562. The average Bonchev–Trinajstić information content (AvgIpc) is 2.23. The first-order chi connectivity index (χ1) is 7.81. The van der Waals surface area contributed by atoms with Crippen LogP contribution in [0.4, 0.5) is 0 Å². The summed E-state index contributed by atoms with van der Waals surface area (Å²) in [4.78, 5) is 24.9. The minimum atomic E-state index is -0.568. The Morgan fingerprint density at radius 2 is 1.88 bits per heavy atom. The van der Waals surface area contributed by atoms with Crippen molar-refractivity contribution in [3.63, 3.8) is 0 Å². The van der Waals surface area contributed by atoms with Crippen LogP contribution in [0.3, 0.4) is 0 Å². The lowest BCUT2D eigenvalue weighted by Crippen LogP contribution is -2.46. The molecule has 98 valence electrons. The van der Waals surface area contributed by atoms with Crippen molar-refractivity contribution in [2.24, 2.45) is 11.7 Å². The molecule has 1 amide bonds. The second kappa shape index (κ2) is 7.21. The summed E-state index contributed by atoms with van der Waals surface area (Å²) < 4.78 is 4.82. The van der Waals surface area contributed by atoms with E-state index in [1.54, 1.807) is 13.8 Å². The molecule has 0 aromatic heterocycles. The molecular weight excluding hydrogens is 240 g/mol. The minimum Gasteiger partial charge on any atom is -0.465 e. The van der Waals surface area contributed by atoms with Crippen LogP contribution in [0.15, 0.2) is 0 Å². The van der Waals surface area contributed by atoms with Gasteiger partial charge >= 0.3 is 5.97 Å². The molecule has 1 atom stereocenters. The topological polar surface area (TPSA) is 72.6 Å². The van der Waals surface area contributed by atoms with Crippen LogP contribution in [-0.2, 0) is 14.3 Å². The van der Waals surface area contributed by atoms with Gasteiger partial charge in [0, 0.05) is 6.04 Å². The zero-order chi connectivity index (χ0) is 13.6. The number of nitrogens with two attached hydrogens (primary N) is 1. The fourth-order valence-corrected chi connectivity index (χ4v) is 1.33. The van der Waals surface area contributed by atoms with E-state index in [4.69, 9.17) is 22.7 Å². The summed E-state index contributed by atoms with van der Waals surface area (Å²) >= 11 is 4.78. The van der Waals surface area contributed by atoms with Crippen LogP contribution < -0.4 is 5.73 Å². The molecule has 0 heterocycles. The van der Waals surface area contributed by atoms with E-state index in [1.165, 1.54) is 4.90 Å². The Hall–Kier alpha value is -1.17. The standard InChI is InChI=1S/C11H20N2O3S/c1-5-16-9(14)6-13(7(2)3)11(15)8(4)10(12)17/h7-8H,5-6H2,1-4H3,(H2,12,17). The summed E-state index contributed by atoms with van der Waals surface area (Å²) in [7, 11) is 0. The monoisotopic (exact) mass is 260 g/mol. The second-order valence-corrected chi connectivity index (χ2v) is 4.46. The highest BCUT2D eigenvalue weighted by atomic mass is 32.1. The van der Waals surface area contributed by atoms with Crippen LogP contribution in [0.5, 0.6) is 0 Å². The van der Waals surface area contributed by atoms with E-state index in [2.05, 4.69) is 0 Å². The largest absolute Gasteiger partial charge is 0.465 e. The fraction of sp³-hybridized carbons (Fsp3) is 0.727. The van der Waals surface area contributed by atoms with E-state index in [-0.39, 0.29) is 23.5 Å². The lowest BCUT2D eigenvalue weighted by atomic mass is 10.1. The number of amides is 1. The molecule has 0 rings (SSSR count). The Morgan fingerprint density at radius 1 is 1.35 bits per heavy atom. The molecule has 0 aliphatic heterocycles. The minimum absolute atomic E-state index is 0.0721. The number of ether oxygens (including phenoxy) is 1. The van der Waals surface area contributed by atoms with E-state index in [0.29, 0.717) is 6.61 Å². The highest BCUT2D eigenvalue weighted by molar-refractivity contribution is 7.80. The van der Waals surface area contributed by atoms with Gasteiger partial charge in [0.25, 0.3) is 0 Å².